The summed E-state index contributed by atoms with van der Waals surface area (Å²) in [5.74, 6) is -0.537. The highest BCUT2D eigenvalue weighted by Gasteiger charge is 2.15. The molecule has 1 atom stereocenters. The summed E-state index contributed by atoms with van der Waals surface area (Å²) in [5, 5.41) is 16.8. The van der Waals surface area contributed by atoms with Gasteiger partial charge in [0.05, 0.1) is 0 Å². The van der Waals surface area contributed by atoms with Gasteiger partial charge in [0.15, 0.2) is 0 Å². The van der Waals surface area contributed by atoms with Crippen LogP contribution in [0.3, 0.4) is 0 Å². The number of halogens is 2. The molecule has 1 aromatic heterocycles. The molecule has 0 saturated carbocycles. The molecular weight excluding hydrogens is 227 g/mol. The summed E-state index contributed by atoms with van der Waals surface area (Å²) in [6.07, 6.45) is 1.03. The molecule has 0 aromatic carbocycles. The number of hydrogen-bond acceptors (Lipinski definition) is 4. The Balaban J connectivity index is 2.49. The Morgan fingerprint density at radius 3 is 3.07 bits per heavy atom. The van der Waals surface area contributed by atoms with E-state index in [1.165, 1.54) is 0 Å². The van der Waals surface area contributed by atoms with Crippen LogP contribution in [0.1, 0.15) is 12.2 Å². The van der Waals surface area contributed by atoms with Crippen molar-refractivity contribution in [1.82, 2.24) is 15.2 Å². The number of H-pyrrole nitrogens is 1. The third-order valence-electron chi connectivity index (χ3n) is 1.54. The van der Waals surface area contributed by atoms with E-state index in [4.69, 9.17) is 16.7 Å². The maximum atomic E-state index is 12.2. The fourth-order valence-corrected chi connectivity index (χ4v) is 0.929. The van der Waals surface area contributed by atoms with Crippen LogP contribution in [0.15, 0.2) is 0 Å². The number of hydrogen-bond donors (Lipinski definition) is 3. The predicted molar refractivity (Wildman–Crippen MR) is 51.2 cm³/mol. The highest BCUT2D eigenvalue weighted by Crippen LogP contribution is 2.04. The van der Waals surface area contributed by atoms with Crippen LogP contribution in [0.2, 0.25) is 0 Å². The Morgan fingerprint density at radius 2 is 2.47 bits per heavy atom. The second-order valence-electron chi connectivity index (χ2n) is 2.72. The molecule has 0 spiro atoms. The zero-order chi connectivity index (χ0) is 11.3. The van der Waals surface area contributed by atoms with Gasteiger partial charge in [-0.25, -0.2) is 4.39 Å². The van der Waals surface area contributed by atoms with Crippen LogP contribution in [0.25, 0.3) is 0 Å². The van der Waals surface area contributed by atoms with Gasteiger partial charge in [-0.15, -0.1) is 5.10 Å². The molecular formula is C7H10ClFN4O2. The summed E-state index contributed by atoms with van der Waals surface area (Å²) in [5.41, 5.74) is -2.12. The number of carbonyl (C=O) groups excluding carboxylic acids is 1. The number of rotatable bonds is 5. The van der Waals surface area contributed by atoms with Crippen LogP contribution in [0.5, 0.6) is 0 Å². The van der Waals surface area contributed by atoms with Gasteiger partial charge in [0.2, 0.25) is 5.95 Å². The second-order valence-corrected chi connectivity index (χ2v) is 3.11. The van der Waals surface area contributed by atoms with E-state index >= 15 is 0 Å². The molecule has 1 aromatic rings. The molecule has 0 radical (unpaired) electrons. The minimum absolute atomic E-state index is 0.0313. The number of aliphatic hydroxyl groups excluding tert-OH is 1. The van der Waals surface area contributed by atoms with Gasteiger partial charge in [0.1, 0.15) is 5.82 Å². The number of aromatic nitrogens is 3. The van der Waals surface area contributed by atoms with Crippen molar-refractivity contribution in [2.24, 2.45) is 0 Å². The van der Waals surface area contributed by atoms with E-state index in [0.29, 0.717) is 18.7 Å². The number of aromatic amines is 1. The topological polar surface area (TPSA) is 90.9 Å². The average Bonchev–Trinajstić information content (AvgIpc) is 2.62. The van der Waals surface area contributed by atoms with E-state index < -0.39 is 11.5 Å². The second kappa shape index (κ2) is 5.62. The lowest BCUT2D eigenvalue weighted by Gasteiger charge is -1.97. The van der Waals surface area contributed by atoms with Gasteiger partial charge in [0.25, 0.3) is 11.5 Å². The van der Waals surface area contributed by atoms with Crippen LogP contribution >= 0.6 is 11.6 Å². The van der Waals surface area contributed by atoms with Crippen molar-refractivity contribution in [3.63, 3.8) is 0 Å². The van der Waals surface area contributed by atoms with Gasteiger partial charge in [-0.05, 0) is 6.42 Å². The van der Waals surface area contributed by atoms with Gasteiger partial charge in [-0.1, -0.05) is 11.6 Å². The molecule has 0 aliphatic heterocycles. The molecule has 0 fully saturated rings. The number of aryl methyl sites for hydroxylation is 1. The first-order valence-electron chi connectivity index (χ1n) is 4.24. The summed E-state index contributed by atoms with van der Waals surface area (Å²) >= 11 is 4.89. The Bertz CT molecular complexity index is 331. The Morgan fingerprint density at radius 1 is 1.73 bits per heavy atom. The summed E-state index contributed by atoms with van der Waals surface area (Å²) < 4.78 is 12.2. The molecule has 6 nitrogen and oxygen atoms in total. The molecule has 3 N–H and O–H groups in total. The molecule has 15 heavy (non-hydrogen) atoms. The van der Waals surface area contributed by atoms with Crippen molar-refractivity contribution in [1.29, 1.82) is 0 Å². The minimum Gasteiger partial charge on any atom is -0.396 e. The lowest BCUT2D eigenvalue weighted by Crippen LogP contribution is -2.20. The van der Waals surface area contributed by atoms with Crippen LogP contribution in [0, 0.1) is 0 Å². The molecule has 8 heteroatoms. The first-order valence-corrected chi connectivity index (χ1v) is 4.68. The van der Waals surface area contributed by atoms with Crippen LogP contribution < -0.4 is 5.32 Å². The van der Waals surface area contributed by atoms with E-state index in [2.05, 4.69) is 20.5 Å². The molecule has 1 amide bonds. The SMILES string of the molecule is O=C(Nc1n[nH]c(CCCO)n1)C(F)Cl. The van der Waals surface area contributed by atoms with Crippen LogP contribution in [0.4, 0.5) is 10.3 Å². The molecule has 0 bridgehead atoms. The maximum absolute atomic E-state index is 12.2. The van der Waals surface area contributed by atoms with Gasteiger partial charge >= 0.3 is 0 Å². The van der Waals surface area contributed by atoms with E-state index in [9.17, 15) is 9.18 Å². The number of nitrogens with zero attached hydrogens (tertiary/aromatic N) is 2. The summed E-state index contributed by atoms with van der Waals surface area (Å²) in [7, 11) is 0. The summed E-state index contributed by atoms with van der Waals surface area (Å²) in [6.45, 7) is 0.0383. The largest absolute Gasteiger partial charge is 0.396 e. The number of aliphatic hydroxyl groups is 1. The van der Waals surface area contributed by atoms with E-state index in [0.717, 1.165) is 0 Å². The van der Waals surface area contributed by atoms with Crippen molar-refractivity contribution < 1.29 is 14.3 Å². The van der Waals surface area contributed by atoms with Crippen molar-refractivity contribution in [2.45, 2.75) is 18.5 Å². The third kappa shape index (κ3) is 3.80. The molecule has 84 valence electrons. The molecule has 1 unspecified atom stereocenters. The first kappa shape index (κ1) is 11.9. The molecule has 0 aliphatic rings. The van der Waals surface area contributed by atoms with Crippen LogP contribution in [-0.4, -0.2) is 38.4 Å². The normalized spacial score (nSPS) is 12.5. The fourth-order valence-electron chi connectivity index (χ4n) is 0.874. The Kier molecular flexibility index (Phi) is 4.44. The van der Waals surface area contributed by atoms with Crippen molar-refractivity contribution >= 4 is 23.5 Å². The zero-order valence-electron chi connectivity index (χ0n) is 7.70. The number of anilines is 1. The monoisotopic (exact) mass is 236 g/mol. The highest BCUT2D eigenvalue weighted by atomic mass is 35.5. The smallest absolute Gasteiger partial charge is 0.276 e. The molecule has 0 saturated heterocycles. The van der Waals surface area contributed by atoms with Crippen LogP contribution in [-0.2, 0) is 11.2 Å². The fraction of sp³-hybridized carbons (Fsp3) is 0.571. The van der Waals surface area contributed by atoms with E-state index in [-0.39, 0.29) is 12.6 Å². The van der Waals surface area contributed by atoms with Gasteiger partial charge < -0.3 is 5.11 Å². The molecule has 1 heterocycles. The van der Waals surface area contributed by atoms with Crippen molar-refractivity contribution in [3.8, 4) is 0 Å². The minimum atomic E-state index is -2.12. The lowest BCUT2D eigenvalue weighted by atomic mass is 10.3. The number of amides is 1. The molecule has 0 aliphatic carbocycles. The average molecular weight is 237 g/mol. The zero-order valence-corrected chi connectivity index (χ0v) is 8.46. The maximum Gasteiger partial charge on any atom is 0.276 e. The Hall–Kier alpha value is -1.21. The summed E-state index contributed by atoms with van der Waals surface area (Å²) in [6, 6.07) is 0. The number of carbonyl (C=O) groups is 1. The van der Waals surface area contributed by atoms with Crippen molar-refractivity contribution in [3.05, 3.63) is 5.82 Å². The van der Waals surface area contributed by atoms with Crippen molar-refractivity contribution in [2.75, 3.05) is 11.9 Å². The standard InChI is InChI=1S/C7H10ClFN4O2/c8-5(9)6(15)11-7-10-4(12-13-7)2-1-3-14/h5,14H,1-3H2,(H2,10,11,12,13,15). The predicted octanol–water partition coefficient (Wildman–Crippen LogP) is 0.202. The summed E-state index contributed by atoms with van der Waals surface area (Å²) in [4.78, 5) is 14.6. The molecule has 1 rings (SSSR count). The van der Waals surface area contributed by atoms with E-state index in [1.54, 1.807) is 0 Å². The third-order valence-corrected chi connectivity index (χ3v) is 1.73. The quantitative estimate of drug-likeness (QED) is 0.637. The highest BCUT2D eigenvalue weighted by molar-refractivity contribution is 6.31. The Labute approximate surface area is 89.8 Å². The first-order chi connectivity index (χ1) is 7.13. The number of alkyl halides is 2. The van der Waals surface area contributed by atoms with Gasteiger partial charge in [0, 0.05) is 13.0 Å². The lowest BCUT2D eigenvalue weighted by molar-refractivity contribution is -0.118. The van der Waals surface area contributed by atoms with Gasteiger partial charge in [-0.3, -0.25) is 15.2 Å². The number of nitrogens with one attached hydrogen (secondary N) is 2. The van der Waals surface area contributed by atoms with Gasteiger partial charge in [-0.2, -0.15) is 4.98 Å². The van der Waals surface area contributed by atoms with E-state index in [1.807, 2.05) is 0 Å².